The lowest BCUT2D eigenvalue weighted by Crippen LogP contribution is -2.25. The first kappa shape index (κ1) is 12.8. The van der Waals surface area contributed by atoms with Crippen molar-refractivity contribution in [2.75, 3.05) is 0 Å². The maximum atomic E-state index is 13.4. The Labute approximate surface area is 105 Å². The summed E-state index contributed by atoms with van der Waals surface area (Å²) >= 11 is 0. The molecule has 0 radical (unpaired) electrons. The summed E-state index contributed by atoms with van der Waals surface area (Å²) in [4.78, 5) is -0.334. The Hall–Kier alpha value is -1.66. The van der Waals surface area contributed by atoms with Crippen LogP contribution < -0.4 is 4.72 Å². The largest absolute Gasteiger partial charge is 0.353 e. The van der Waals surface area contributed by atoms with E-state index in [-0.39, 0.29) is 11.4 Å². The molecule has 2 rings (SSSR count). The summed E-state index contributed by atoms with van der Waals surface area (Å²) in [6.07, 6.45) is 1.81. The molecule has 0 unspecified atom stereocenters. The zero-order valence-electron chi connectivity index (χ0n) is 9.80. The number of halogens is 1. The van der Waals surface area contributed by atoms with Crippen molar-refractivity contribution >= 4 is 10.0 Å². The van der Waals surface area contributed by atoms with Crippen LogP contribution in [0, 0.1) is 5.82 Å². The predicted octanol–water partition coefficient (Wildman–Crippen LogP) is 1.64. The van der Waals surface area contributed by atoms with Gasteiger partial charge in [0, 0.05) is 18.9 Å². The molecule has 0 bridgehead atoms. The number of hydrogen-bond acceptors (Lipinski definition) is 2. The molecule has 0 spiro atoms. The molecule has 0 aliphatic heterocycles. The Morgan fingerprint density at radius 3 is 2.56 bits per heavy atom. The maximum Gasteiger partial charge on any atom is 0.243 e. The molecule has 0 aliphatic rings. The van der Waals surface area contributed by atoms with Crippen LogP contribution >= 0.6 is 0 Å². The second-order valence-electron chi connectivity index (χ2n) is 3.87. The number of nitrogens with one attached hydrogen (secondary N) is 1. The summed E-state index contributed by atoms with van der Waals surface area (Å²) in [6, 6.07) is 8.90. The van der Waals surface area contributed by atoms with Gasteiger partial charge in [-0.1, -0.05) is 12.1 Å². The van der Waals surface area contributed by atoms with E-state index in [1.54, 1.807) is 10.6 Å². The zero-order valence-corrected chi connectivity index (χ0v) is 10.6. The highest BCUT2D eigenvalue weighted by molar-refractivity contribution is 7.89. The van der Waals surface area contributed by atoms with Crippen LogP contribution in [0.1, 0.15) is 5.69 Å². The molecule has 1 aromatic carbocycles. The van der Waals surface area contributed by atoms with Crippen LogP contribution in [0.2, 0.25) is 0 Å². The van der Waals surface area contributed by atoms with Crippen molar-refractivity contribution in [3.8, 4) is 0 Å². The Morgan fingerprint density at radius 1 is 1.22 bits per heavy atom. The minimum absolute atomic E-state index is 0.125. The highest BCUT2D eigenvalue weighted by atomic mass is 32.2. The van der Waals surface area contributed by atoms with Crippen molar-refractivity contribution in [3.05, 3.63) is 54.1 Å². The standard InChI is InChI=1S/C12H13FN2O2S/c1-15-8-4-5-10(15)9-14-18(16,17)12-7-3-2-6-11(12)13/h2-8,14H,9H2,1H3. The SMILES string of the molecule is Cn1cccc1CNS(=O)(=O)c1ccccc1F. The first-order valence-corrected chi connectivity index (χ1v) is 6.83. The van der Waals surface area contributed by atoms with Crippen LogP contribution in [0.5, 0.6) is 0 Å². The van der Waals surface area contributed by atoms with Gasteiger partial charge in [-0.3, -0.25) is 0 Å². The van der Waals surface area contributed by atoms with Crippen molar-refractivity contribution in [1.82, 2.24) is 9.29 Å². The molecule has 0 saturated heterocycles. The van der Waals surface area contributed by atoms with E-state index in [9.17, 15) is 12.8 Å². The molecule has 0 fully saturated rings. The first-order chi connectivity index (χ1) is 8.50. The van der Waals surface area contributed by atoms with Gasteiger partial charge in [0.15, 0.2) is 0 Å². The number of sulfonamides is 1. The monoisotopic (exact) mass is 268 g/mol. The molecule has 0 saturated carbocycles. The van der Waals surface area contributed by atoms with Gasteiger partial charge < -0.3 is 4.57 Å². The summed E-state index contributed by atoms with van der Waals surface area (Å²) in [7, 11) is -2.01. The topological polar surface area (TPSA) is 51.1 Å². The molecule has 18 heavy (non-hydrogen) atoms. The fourth-order valence-corrected chi connectivity index (χ4v) is 2.67. The predicted molar refractivity (Wildman–Crippen MR) is 65.8 cm³/mol. The van der Waals surface area contributed by atoms with Gasteiger partial charge >= 0.3 is 0 Å². The lowest BCUT2D eigenvalue weighted by Gasteiger charge is -2.08. The number of hydrogen-bond donors (Lipinski definition) is 1. The van der Waals surface area contributed by atoms with Crippen LogP contribution in [-0.2, 0) is 23.6 Å². The van der Waals surface area contributed by atoms with E-state index in [0.29, 0.717) is 0 Å². The third-order valence-corrected chi connectivity index (χ3v) is 4.06. The summed E-state index contributed by atoms with van der Waals surface area (Å²) in [6.45, 7) is 0.125. The Morgan fingerprint density at radius 2 is 1.94 bits per heavy atom. The molecule has 4 nitrogen and oxygen atoms in total. The van der Waals surface area contributed by atoms with Gasteiger partial charge in [0.1, 0.15) is 10.7 Å². The van der Waals surface area contributed by atoms with Gasteiger partial charge in [-0.15, -0.1) is 0 Å². The van der Waals surface area contributed by atoms with Gasteiger partial charge in [-0.25, -0.2) is 17.5 Å². The molecule has 1 aromatic heterocycles. The number of benzene rings is 1. The minimum atomic E-state index is -3.82. The quantitative estimate of drug-likeness (QED) is 0.916. The summed E-state index contributed by atoms with van der Waals surface area (Å²) < 4.78 is 41.4. The van der Waals surface area contributed by atoms with E-state index in [1.807, 2.05) is 19.3 Å². The van der Waals surface area contributed by atoms with Crippen LogP contribution in [0.25, 0.3) is 0 Å². The minimum Gasteiger partial charge on any atom is -0.353 e. The lowest BCUT2D eigenvalue weighted by atomic mass is 10.4. The lowest BCUT2D eigenvalue weighted by molar-refractivity contribution is 0.555. The summed E-state index contributed by atoms with van der Waals surface area (Å²) in [5.41, 5.74) is 0.801. The number of aromatic nitrogens is 1. The van der Waals surface area contributed by atoms with Crippen LogP contribution in [0.3, 0.4) is 0 Å². The maximum absolute atomic E-state index is 13.4. The van der Waals surface area contributed by atoms with E-state index in [2.05, 4.69) is 4.72 Å². The van der Waals surface area contributed by atoms with Crippen molar-refractivity contribution in [2.24, 2.45) is 7.05 Å². The second kappa shape index (κ2) is 4.91. The molecule has 0 amide bonds. The Balaban J connectivity index is 2.19. The number of rotatable bonds is 4. The number of aryl methyl sites for hydroxylation is 1. The van der Waals surface area contributed by atoms with Gasteiger partial charge in [-0.05, 0) is 24.3 Å². The molecule has 2 aromatic rings. The molecule has 0 atom stereocenters. The van der Waals surface area contributed by atoms with E-state index in [4.69, 9.17) is 0 Å². The number of nitrogens with zero attached hydrogens (tertiary/aromatic N) is 1. The van der Waals surface area contributed by atoms with Gasteiger partial charge in [0.2, 0.25) is 10.0 Å². The molecular weight excluding hydrogens is 255 g/mol. The van der Waals surface area contributed by atoms with E-state index >= 15 is 0 Å². The molecule has 96 valence electrons. The molecule has 1 N–H and O–H groups in total. The molecule has 6 heteroatoms. The van der Waals surface area contributed by atoms with Crippen molar-refractivity contribution in [2.45, 2.75) is 11.4 Å². The van der Waals surface area contributed by atoms with E-state index in [1.165, 1.54) is 18.2 Å². The Bertz CT molecular complexity index is 650. The fraction of sp³-hybridized carbons (Fsp3) is 0.167. The van der Waals surface area contributed by atoms with E-state index in [0.717, 1.165) is 11.8 Å². The third-order valence-electron chi connectivity index (χ3n) is 2.62. The third kappa shape index (κ3) is 2.60. The molecule has 1 heterocycles. The van der Waals surface area contributed by atoms with Gasteiger partial charge in [0.25, 0.3) is 0 Å². The van der Waals surface area contributed by atoms with Crippen LogP contribution in [0.4, 0.5) is 4.39 Å². The highest BCUT2D eigenvalue weighted by Crippen LogP contribution is 2.13. The van der Waals surface area contributed by atoms with Crippen molar-refractivity contribution in [3.63, 3.8) is 0 Å². The first-order valence-electron chi connectivity index (χ1n) is 5.35. The van der Waals surface area contributed by atoms with Crippen LogP contribution in [0.15, 0.2) is 47.5 Å². The normalized spacial score (nSPS) is 11.7. The highest BCUT2D eigenvalue weighted by Gasteiger charge is 2.18. The summed E-state index contributed by atoms with van der Waals surface area (Å²) in [5, 5.41) is 0. The average molecular weight is 268 g/mol. The van der Waals surface area contributed by atoms with E-state index < -0.39 is 15.8 Å². The summed E-state index contributed by atoms with van der Waals surface area (Å²) in [5.74, 6) is -0.753. The molecular formula is C12H13FN2O2S. The smallest absolute Gasteiger partial charge is 0.243 e. The van der Waals surface area contributed by atoms with Crippen molar-refractivity contribution < 1.29 is 12.8 Å². The average Bonchev–Trinajstić information content (AvgIpc) is 2.73. The molecule has 0 aliphatic carbocycles. The van der Waals surface area contributed by atoms with Gasteiger partial charge in [0.05, 0.1) is 6.54 Å². The zero-order chi connectivity index (χ0) is 13.2. The van der Waals surface area contributed by atoms with Gasteiger partial charge in [-0.2, -0.15) is 0 Å². The van der Waals surface area contributed by atoms with Crippen LogP contribution in [-0.4, -0.2) is 13.0 Å². The second-order valence-corrected chi connectivity index (χ2v) is 5.60. The van der Waals surface area contributed by atoms with Crippen molar-refractivity contribution in [1.29, 1.82) is 0 Å². The Kier molecular flexibility index (Phi) is 3.49. The fourth-order valence-electron chi connectivity index (χ4n) is 1.59.